The summed E-state index contributed by atoms with van der Waals surface area (Å²) in [7, 11) is 0. The number of rotatable bonds is 4. The molecule has 0 radical (unpaired) electrons. The molecule has 0 spiro atoms. The van der Waals surface area contributed by atoms with Crippen molar-refractivity contribution >= 4 is 12.4 Å². The van der Waals surface area contributed by atoms with Gasteiger partial charge in [-0.25, -0.2) is 0 Å². The molecule has 2 saturated carbocycles. The Morgan fingerprint density at radius 2 is 1.89 bits per heavy atom. The first-order valence-corrected chi connectivity index (χ1v) is 10.3. The van der Waals surface area contributed by atoms with Crippen LogP contribution in [-0.2, 0) is 5.41 Å². The van der Waals surface area contributed by atoms with Crippen molar-refractivity contribution in [3.8, 4) is 5.75 Å². The van der Waals surface area contributed by atoms with Crippen molar-refractivity contribution in [2.45, 2.75) is 55.9 Å². The minimum atomic E-state index is 0. The number of aromatic hydroxyl groups is 1. The normalized spacial score (nSPS) is 32.5. The molecule has 2 bridgehead atoms. The maximum atomic E-state index is 9.94. The predicted molar refractivity (Wildman–Crippen MR) is 113 cm³/mol. The molecule has 1 saturated heterocycles. The molecule has 2 nitrogen and oxygen atoms in total. The summed E-state index contributed by atoms with van der Waals surface area (Å²) in [4.78, 5) is 2.80. The van der Waals surface area contributed by atoms with Crippen molar-refractivity contribution in [3.05, 3.63) is 65.7 Å². The van der Waals surface area contributed by atoms with Crippen molar-refractivity contribution in [2.75, 3.05) is 13.1 Å². The number of likely N-dealkylation sites (tertiary alicyclic amines) is 1. The minimum Gasteiger partial charge on any atom is -0.508 e. The molecular weight excluding hydrogens is 354 g/mol. The molecule has 1 aliphatic heterocycles. The molecule has 4 atom stereocenters. The van der Waals surface area contributed by atoms with E-state index in [9.17, 15) is 5.11 Å². The number of halogens is 1. The van der Waals surface area contributed by atoms with Crippen molar-refractivity contribution in [2.24, 2.45) is 5.92 Å². The third kappa shape index (κ3) is 3.62. The van der Waals surface area contributed by atoms with Crippen LogP contribution in [-0.4, -0.2) is 29.1 Å². The average Bonchev–Trinajstić information content (AvgIpc) is 3.45. The van der Waals surface area contributed by atoms with Crippen LogP contribution in [0.3, 0.4) is 0 Å². The summed E-state index contributed by atoms with van der Waals surface area (Å²) in [6.45, 7) is 2.50. The van der Waals surface area contributed by atoms with Gasteiger partial charge in [0.05, 0.1) is 0 Å². The molecule has 0 aromatic heterocycles. The van der Waals surface area contributed by atoms with Crippen LogP contribution in [0, 0.1) is 5.92 Å². The number of fused-ring (bicyclic) bond motifs is 2. The summed E-state index contributed by atoms with van der Waals surface area (Å²) in [5.41, 5.74) is 3.21. The Hall–Kier alpha value is -1.51. The van der Waals surface area contributed by atoms with E-state index in [-0.39, 0.29) is 12.4 Å². The van der Waals surface area contributed by atoms with Gasteiger partial charge in [-0.05, 0) is 79.2 Å². The van der Waals surface area contributed by atoms with E-state index in [1.807, 2.05) is 12.1 Å². The van der Waals surface area contributed by atoms with Gasteiger partial charge in [0.1, 0.15) is 5.75 Å². The second-order valence-corrected chi connectivity index (χ2v) is 8.84. The van der Waals surface area contributed by atoms with E-state index in [0.717, 1.165) is 17.9 Å². The standard InChI is InChI=1S/C24H29NO.ClH/c26-22-10-4-8-20(15-22)24-11-5-9-21(16-24)25(13-12-24)17-19-14-23(19)18-6-2-1-3-7-18;/h1-4,6-8,10,15,19,21,23,26H,5,9,11-14,16-17H2;1H/t19-,21-,23-,24+;/m0./s1. The lowest BCUT2D eigenvalue weighted by Crippen LogP contribution is -2.52. The van der Waals surface area contributed by atoms with Gasteiger partial charge in [-0.3, -0.25) is 0 Å². The molecule has 2 aromatic rings. The highest BCUT2D eigenvalue weighted by Crippen LogP contribution is 2.51. The lowest BCUT2D eigenvalue weighted by atomic mass is 9.63. The molecule has 27 heavy (non-hydrogen) atoms. The van der Waals surface area contributed by atoms with Crippen LogP contribution >= 0.6 is 12.4 Å². The SMILES string of the molecule is Cl.Oc1cccc([C@@]23CCC[C@@H](C2)N(C[C@@H]2C[C@H]2c2ccccc2)CC3)c1. The van der Waals surface area contributed by atoms with Crippen LogP contribution in [0.15, 0.2) is 54.6 Å². The summed E-state index contributed by atoms with van der Waals surface area (Å²) in [6.07, 6.45) is 7.85. The van der Waals surface area contributed by atoms with Crippen LogP contribution in [0.4, 0.5) is 0 Å². The van der Waals surface area contributed by atoms with Gasteiger partial charge in [0.25, 0.3) is 0 Å². The lowest BCUT2D eigenvalue weighted by Gasteiger charge is -2.51. The molecule has 144 valence electrons. The maximum absolute atomic E-state index is 9.94. The summed E-state index contributed by atoms with van der Waals surface area (Å²) in [5, 5.41) is 9.94. The number of phenols is 1. The van der Waals surface area contributed by atoms with Gasteiger partial charge < -0.3 is 10.0 Å². The van der Waals surface area contributed by atoms with E-state index >= 15 is 0 Å². The number of nitrogens with zero attached hydrogens (tertiary/aromatic N) is 1. The third-order valence-corrected chi connectivity index (χ3v) is 7.29. The topological polar surface area (TPSA) is 23.5 Å². The Morgan fingerprint density at radius 3 is 2.70 bits per heavy atom. The van der Waals surface area contributed by atoms with Crippen LogP contribution < -0.4 is 0 Å². The predicted octanol–water partition coefficient (Wildman–Crippen LogP) is 5.50. The van der Waals surface area contributed by atoms with Gasteiger partial charge in [0.2, 0.25) is 0 Å². The van der Waals surface area contributed by atoms with Crippen molar-refractivity contribution < 1.29 is 5.11 Å². The van der Waals surface area contributed by atoms with E-state index in [2.05, 4.69) is 41.3 Å². The second kappa shape index (κ2) is 7.48. The highest BCUT2D eigenvalue weighted by atomic mass is 35.5. The van der Waals surface area contributed by atoms with Crippen LogP contribution in [0.5, 0.6) is 5.75 Å². The number of phenolic OH excluding ortho intramolecular Hbond substituents is 1. The van der Waals surface area contributed by atoms with Crippen LogP contribution in [0.1, 0.15) is 55.6 Å². The zero-order valence-corrected chi connectivity index (χ0v) is 16.7. The van der Waals surface area contributed by atoms with Crippen molar-refractivity contribution in [3.63, 3.8) is 0 Å². The molecule has 2 aromatic carbocycles. The maximum Gasteiger partial charge on any atom is 0.115 e. The van der Waals surface area contributed by atoms with Gasteiger partial charge in [0.15, 0.2) is 0 Å². The molecule has 2 aliphatic carbocycles. The lowest BCUT2D eigenvalue weighted by molar-refractivity contribution is 0.0478. The van der Waals surface area contributed by atoms with Gasteiger partial charge in [-0.15, -0.1) is 12.4 Å². The summed E-state index contributed by atoms with van der Waals surface area (Å²) in [6, 6.07) is 19.9. The molecule has 3 heteroatoms. The number of hydrogen-bond acceptors (Lipinski definition) is 2. The van der Waals surface area contributed by atoms with E-state index in [0.29, 0.717) is 11.2 Å². The Labute approximate surface area is 169 Å². The molecule has 3 fully saturated rings. The van der Waals surface area contributed by atoms with E-state index < -0.39 is 0 Å². The van der Waals surface area contributed by atoms with Gasteiger partial charge >= 0.3 is 0 Å². The first kappa shape index (κ1) is 18.8. The van der Waals surface area contributed by atoms with Crippen LogP contribution in [0.25, 0.3) is 0 Å². The van der Waals surface area contributed by atoms with Gasteiger partial charge in [-0.1, -0.05) is 48.9 Å². The zero-order chi connectivity index (χ0) is 17.6. The largest absolute Gasteiger partial charge is 0.508 e. The Bertz CT molecular complexity index is 779. The molecule has 0 amide bonds. The minimum absolute atomic E-state index is 0. The quantitative estimate of drug-likeness (QED) is 0.753. The number of benzene rings is 2. The molecule has 1 heterocycles. The monoisotopic (exact) mass is 383 g/mol. The Balaban J connectivity index is 0.00000180. The fraction of sp³-hybridized carbons (Fsp3) is 0.500. The third-order valence-electron chi connectivity index (χ3n) is 7.29. The summed E-state index contributed by atoms with van der Waals surface area (Å²) in [5.74, 6) is 2.07. The fourth-order valence-electron chi connectivity index (χ4n) is 5.75. The average molecular weight is 384 g/mol. The van der Waals surface area contributed by atoms with Crippen LogP contribution in [0.2, 0.25) is 0 Å². The Kier molecular flexibility index (Phi) is 5.22. The molecular formula is C24H30ClNO. The Morgan fingerprint density at radius 1 is 1.04 bits per heavy atom. The molecule has 3 aliphatic rings. The summed E-state index contributed by atoms with van der Waals surface area (Å²) < 4.78 is 0. The smallest absolute Gasteiger partial charge is 0.115 e. The molecule has 1 N–H and O–H groups in total. The number of piperidine rings is 1. The summed E-state index contributed by atoms with van der Waals surface area (Å²) >= 11 is 0. The highest BCUT2D eigenvalue weighted by Gasteiger charge is 2.46. The van der Waals surface area contributed by atoms with Crippen molar-refractivity contribution in [1.82, 2.24) is 4.90 Å². The number of hydrogen-bond donors (Lipinski definition) is 1. The van der Waals surface area contributed by atoms with Gasteiger partial charge in [0, 0.05) is 12.6 Å². The fourth-order valence-corrected chi connectivity index (χ4v) is 5.75. The zero-order valence-electron chi connectivity index (χ0n) is 15.9. The van der Waals surface area contributed by atoms with E-state index in [1.54, 1.807) is 6.07 Å². The first-order valence-electron chi connectivity index (χ1n) is 10.3. The van der Waals surface area contributed by atoms with Gasteiger partial charge in [-0.2, -0.15) is 0 Å². The van der Waals surface area contributed by atoms with E-state index in [4.69, 9.17) is 0 Å². The second-order valence-electron chi connectivity index (χ2n) is 8.84. The highest BCUT2D eigenvalue weighted by molar-refractivity contribution is 5.85. The van der Waals surface area contributed by atoms with Crippen molar-refractivity contribution in [1.29, 1.82) is 0 Å². The molecule has 5 rings (SSSR count). The molecule has 0 unspecified atom stereocenters. The van der Waals surface area contributed by atoms with E-state index in [1.165, 1.54) is 62.7 Å². The first-order chi connectivity index (χ1) is 12.7.